The van der Waals surface area contributed by atoms with Gasteiger partial charge in [0.15, 0.2) is 0 Å². The highest BCUT2D eigenvalue weighted by molar-refractivity contribution is 5.94. The fourth-order valence-corrected chi connectivity index (χ4v) is 2.18. The molecule has 5 nitrogen and oxygen atoms in total. The summed E-state index contributed by atoms with van der Waals surface area (Å²) in [5.74, 6) is -1.90. The van der Waals surface area contributed by atoms with Gasteiger partial charge in [-0.2, -0.15) is 0 Å². The van der Waals surface area contributed by atoms with E-state index in [-0.39, 0.29) is 12.5 Å². The van der Waals surface area contributed by atoms with Gasteiger partial charge in [0.1, 0.15) is 0 Å². The molecular weight excluding hydrogens is 292 g/mol. The molecule has 2 N–H and O–H groups in total. The van der Waals surface area contributed by atoms with Crippen molar-refractivity contribution in [1.82, 2.24) is 10.3 Å². The number of nitrogens with one attached hydrogen (secondary N) is 1. The molecule has 23 heavy (non-hydrogen) atoms. The Bertz CT molecular complexity index is 678. The van der Waals surface area contributed by atoms with Gasteiger partial charge in [-0.05, 0) is 38.0 Å². The molecule has 1 amide bonds. The van der Waals surface area contributed by atoms with Crippen molar-refractivity contribution < 1.29 is 14.7 Å². The van der Waals surface area contributed by atoms with Gasteiger partial charge in [0, 0.05) is 18.4 Å². The van der Waals surface area contributed by atoms with Gasteiger partial charge in [-0.15, -0.1) is 0 Å². The van der Waals surface area contributed by atoms with Crippen LogP contribution >= 0.6 is 0 Å². The van der Waals surface area contributed by atoms with E-state index in [0.717, 1.165) is 16.8 Å². The lowest BCUT2D eigenvalue weighted by atomic mass is 9.98. The Kier molecular flexibility index (Phi) is 5.46. The minimum absolute atomic E-state index is 0.0793. The highest BCUT2D eigenvalue weighted by Gasteiger charge is 2.19. The van der Waals surface area contributed by atoms with Crippen LogP contribution in [0, 0.1) is 19.8 Å². The van der Waals surface area contributed by atoms with Crippen LogP contribution in [0.5, 0.6) is 0 Å². The molecular formula is C18H20N2O3. The molecule has 0 saturated carbocycles. The van der Waals surface area contributed by atoms with E-state index in [9.17, 15) is 14.7 Å². The van der Waals surface area contributed by atoms with E-state index < -0.39 is 11.9 Å². The third-order valence-corrected chi connectivity index (χ3v) is 3.63. The van der Waals surface area contributed by atoms with Crippen LogP contribution in [0.15, 0.2) is 42.6 Å². The van der Waals surface area contributed by atoms with Gasteiger partial charge in [-0.25, -0.2) is 0 Å². The summed E-state index contributed by atoms with van der Waals surface area (Å²) in [5.41, 5.74) is 3.31. The monoisotopic (exact) mass is 312 g/mol. The molecule has 0 spiro atoms. The van der Waals surface area contributed by atoms with Gasteiger partial charge in [0.05, 0.1) is 11.5 Å². The lowest BCUT2D eigenvalue weighted by molar-refractivity contribution is -0.141. The number of aryl methyl sites for hydroxylation is 2. The van der Waals surface area contributed by atoms with E-state index in [1.54, 1.807) is 12.1 Å². The van der Waals surface area contributed by atoms with Crippen LogP contribution in [0.2, 0.25) is 0 Å². The lowest BCUT2D eigenvalue weighted by Crippen LogP contribution is -2.34. The molecule has 2 rings (SSSR count). The Labute approximate surface area is 135 Å². The molecule has 1 atom stereocenters. The average Bonchev–Trinajstić information content (AvgIpc) is 2.53. The van der Waals surface area contributed by atoms with Crippen LogP contribution in [-0.4, -0.2) is 28.5 Å². The second-order valence-electron chi connectivity index (χ2n) is 5.62. The summed E-state index contributed by atoms with van der Waals surface area (Å²) < 4.78 is 0. The van der Waals surface area contributed by atoms with Crippen molar-refractivity contribution in [3.63, 3.8) is 0 Å². The molecule has 0 aliphatic heterocycles. The lowest BCUT2D eigenvalue weighted by Gasteiger charge is -2.14. The largest absolute Gasteiger partial charge is 0.481 e. The summed E-state index contributed by atoms with van der Waals surface area (Å²) in [5, 5.41) is 12.0. The predicted octanol–water partition coefficient (Wildman–Crippen LogP) is 2.37. The summed E-state index contributed by atoms with van der Waals surface area (Å²) in [6, 6.07) is 11.1. The minimum Gasteiger partial charge on any atom is -0.481 e. The molecule has 2 aromatic rings. The molecule has 1 aromatic heterocycles. The van der Waals surface area contributed by atoms with Gasteiger partial charge < -0.3 is 10.4 Å². The molecule has 5 heteroatoms. The normalized spacial score (nSPS) is 11.7. The van der Waals surface area contributed by atoms with Crippen molar-refractivity contribution in [3.8, 4) is 0 Å². The molecule has 0 radical (unpaired) electrons. The smallest absolute Gasteiger partial charge is 0.308 e. The maximum absolute atomic E-state index is 12.0. The van der Waals surface area contributed by atoms with Gasteiger partial charge in [0.25, 0.3) is 5.91 Å². The van der Waals surface area contributed by atoms with E-state index in [2.05, 4.69) is 10.3 Å². The first-order valence-corrected chi connectivity index (χ1v) is 7.45. The van der Waals surface area contributed by atoms with Crippen molar-refractivity contribution >= 4 is 11.9 Å². The molecule has 0 aliphatic rings. The molecule has 0 fully saturated rings. The van der Waals surface area contributed by atoms with Crippen LogP contribution in [0.1, 0.15) is 27.2 Å². The first-order chi connectivity index (χ1) is 11.0. The number of carbonyl (C=O) groups excluding carboxylic acids is 1. The Morgan fingerprint density at radius 2 is 1.83 bits per heavy atom. The SMILES string of the molecule is Cc1ccc(C[C@H](CNC(=O)c2ccc(C)nc2)C(=O)O)cc1. The predicted molar refractivity (Wildman–Crippen MR) is 87.3 cm³/mol. The Balaban J connectivity index is 1.96. The number of nitrogens with zero attached hydrogens (tertiary/aromatic N) is 1. The second kappa shape index (κ2) is 7.54. The van der Waals surface area contributed by atoms with Gasteiger partial charge >= 0.3 is 5.97 Å². The highest BCUT2D eigenvalue weighted by atomic mass is 16.4. The van der Waals surface area contributed by atoms with Crippen molar-refractivity contribution in [2.75, 3.05) is 6.54 Å². The number of aromatic nitrogens is 1. The van der Waals surface area contributed by atoms with Gasteiger partial charge in [-0.1, -0.05) is 29.8 Å². The molecule has 1 heterocycles. The molecule has 0 aliphatic carbocycles. The first kappa shape index (κ1) is 16.7. The standard InChI is InChI=1S/C18H20N2O3/c1-12-3-6-14(7-4-12)9-16(18(22)23)11-20-17(21)15-8-5-13(2)19-10-15/h3-8,10,16H,9,11H2,1-2H3,(H,20,21)(H,22,23)/t16-/m1/s1. The fraction of sp³-hybridized carbons (Fsp3) is 0.278. The Morgan fingerprint density at radius 3 is 2.39 bits per heavy atom. The molecule has 0 saturated heterocycles. The van der Waals surface area contributed by atoms with E-state index in [1.807, 2.05) is 38.1 Å². The number of carbonyl (C=O) groups is 2. The molecule has 1 aromatic carbocycles. The van der Waals surface area contributed by atoms with Crippen LogP contribution in [0.25, 0.3) is 0 Å². The van der Waals surface area contributed by atoms with Crippen molar-refractivity contribution in [2.45, 2.75) is 20.3 Å². The number of aliphatic carboxylic acids is 1. The number of amides is 1. The summed E-state index contributed by atoms with van der Waals surface area (Å²) >= 11 is 0. The highest BCUT2D eigenvalue weighted by Crippen LogP contribution is 2.11. The average molecular weight is 312 g/mol. The van der Waals surface area contributed by atoms with Crippen LogP contribution in [0.4, 0.5) is 0 Å². The zero-order chi connectivity index (χ0) is 16.8. The van der Waals surface area contributed by atoms with E-state index in [0.29, 0.717) is 12.0 Å². The van der Waals surface area contributed by atoms with Crippen molar-refractivity contribution in [2.24, 2.45) is 5.92 Å². The first-order valence-electron chi connectivity index (χ1n) is 7.45. The number of benzene rings is 1. The number of pyridine rings is 1. The van der Waals surface area contributed by atoms with Gasteiger partial charge in [-0.3, -0.25) is 14.6 Å². The molecule has 120 valence electrons. The van der Waals surface area contributed by atoms with Gasteiger partial charge in [0.2, 0.25) is 0 Å². The molecule has 0 unspecified atom stereocenters. The van der Waals surface area contributed by atoms with Crippen LogP contribution < -0.4 is 5.32 Å². The number of hydrogen-bond acceptors (Lipinski definition) is 3. The zero-order valence-corrected chi connectivity index (χ0v) is 13.2. The summed E-state index contributed by atoms with van der Waals surface area (Å²) in [6.45, 7) is 3.90. The number of rotatable bonds is 6. The number of carboxylic acid groups (broad SMARTS) is 1. The van der Waals surface area contributed by atoms with Crippen molar-refractivity contribution in [3.05, 3.63) is 65.0 Å². The quantitative estimate of drug-likeness (QED) is 0.858. The van der Waals surface area contributed by atoms with E-state index in [1.165, 1.54) is 6.20 Å². The zero-order valence-electron chi connectivity index (χ0n) is 13.2. The third kappa shape index (κ3) is 4.92. The number of carboxylic acids is 1. The maximum Gasteiger partial charge on any atom is 0.308 e. The third-order valence-electron chi connectivity index (χ3n) is 3.63. The summed E-state index contributed by atoms with van der Waals surface area (Å²) in [4.78, 5) is 27.5. The van der Waals surface area contributed by atoms with E-state index in [4.69, 9.17) is 0 Å². The molecule has 0 bridgehead atoms. The van der Waals surface area contributed by atoms with Crippen LogP contribution in [-0.2, 0) is 11.2 Å². The minimum atomic E-state index is -0.923. The fourth-order valence-electron chi connectivity index (χ4n) is 2.18. The summed E-state index contributed by atoms with van der Waals surface area (Å²) in [6.07, 6.45) is 1.86. The van der Waals surface area contributed by atoms with Crippen LogP contribution in [0.3, 0.4) is 0 Å². The van der Waals surface area contributed by atoms with Crippen molar-refractivity contribution in [1.29, 1.82) is 0 Å². The Hall–Kier alpha value is -2.69. The Morgan fingerprint density at radius 1 is 1.13 bits per heavy atom. The second-order valence-corrected chi connectivity index (χ2v) is 5.62. The number of hydrogen-bond donors (Lipinski definition) is 2. The summed E-state index contributed by atoms with van der Waals surface area (Å²) in [7, 11) is 0. The maximum atomic E-state index is 12.0. The van der Waals surface area contributed by atoms with E-state index >= 15 is 0 Å². The topological polar surface area (TPSA) is 79.3 Å².